The number of carbonyl (C=O) groups is 1. The third-order valence-corrected chi connectivity index (χ3v) is 5.19. The first-order valence-corrected chi connectivity index (χ1v) is 9.04. The lowest BCUT2D eigenvalue weighted by Crippen LogP contribution is -2.30. The number of hydrogen-bond acceptors (Lipinski definition) is 2. The van der Waals surface area contributed by atoms with Gasteiger partial charge in [0.05, 0.1) is 12.7 Å². The Morgan fingerprint density at radius 2 is 1.77 bits per heavy atom. The second-order valence-electron chi connectivity index (χ2n) is 7.21. The van der Waals surface area contributed by atoms with Gasteiger partial charge in [0.25, 0.3) is 5.91 Å². The van der Waals surface area contributed by atoms with Gasteiger partial charge in [0.2, 0.25) is 0 Å². The van der Waals surface area contributed by atoms with E-state index in [9.17, 15) is 4.79 Å². The Balaban J connectivity index is 1.75. The highest BCUT2D eigenvalue weighted by molar-refractivity contribution is 6.06. The zero-order valence-corrected chi connectivity index (χ0v) is 15.4. The monoisotopic (exact) mass is 345 g/mol. The molecule has 0 saturated heterocycles. The average molecular weight is 345 g/mol. The van der Waals surface area contributed by atoms with Gasteiger partial charge in [-0.3, -0.25) is 9.48 Å². The lowest BCUT2D eigenvalue weighted by molar-refractivity contribution is 0.0985. The van der Waals surface area contributed by atoms with Crippen LogP contribution in [0.15, 0.2) is 54.7 Å². The number of para-hydroxylation sites is 1. The summed E-state index contributed by atoms with van der Waals surface area (Å²) in [6.45, 7) is 4.86. The van der Waals surface area contributed by atoms with Crippen molar-refractivity contribution in [3.63, 3.8) is 0 Å². The van der Waals surface area contributed by atoms with Gasteiger partial charge < -0.3 is 4.90 Å². The topological polar surface area (TPSA) is 38.1 Å². The van der Waals surface area contributed by atoms with E-state index in [0.717, 1.165) is 28.8 Å². The summed E-state index contributed by atoms with van der Waals surface area (Å²) in [4.78, 5) is 15.2. The molecule has 0 bridgehead atoms. The van der Waals surface area contributed by atoms with Crippen LogP contribution in [0.4, 0.5) is 5.69 Å². The normalized spacial score (nSPS) is 13.3. The number of hydrogen-bond donors (Lipinski definition) is 0. The van der Waals surface area contributed by atoms with E-state index in [1.807, 2.05) is 53.2 Å². The summed E-state index contributed by atoms with van der Waals surface area (Å²) in [5.74, 6) is 0.487. The number of rotatable bonds is 2. The molecule has 4 heteroatoms. The molecule has 0 saturated carbocycles. The molecule has 0 N–H and O–H groups in total. The molecule has 0 fully saturated rings. The van der Waals surface area contributed by atoms with Gasteiger partial charge in [0.1, 0.15) is 0 Å². The van der Waals surface area contributed by atoms with Crippen LogP contribution < -0.4 is 4.90 Å². The molecule has 0 spiro atoms. The number of carbonyl (C=O) groups excluding carboxylic acids is 1. The van der Waals surface area contributed by atoms with Crippen LogP contribution in [0.5, 0.6) is 0 Å². The largest absolute Gasteiger partial charge is 0.304 e. The molecule has 2 heterocycles. The van der Waals surface area contributed by atoms with Gasteiger partial charge in [-0.05, 0) is 35.2 Å². The number of amides is 1. The van der Waals surface area contributed by atoms with Crippen LogP contribution in [0.25, 0.3) is 0 Å². The molecule has 1 amide bonds. The van der Waals surface area contributed by atoms with Crippen molar-refractivity contribution in [1.82, 2.24) is 9.78 Å². The van der Waals surface area contributed by atoms with E-state index in [2.05, 4.69) is 37.1 Å². The minimum Gasteiger partial charge on any atom is -0.304 e. The second-order valence-corrected chi connectivity index (χ2v) is 7.21. The summed E-state index contributed by atoms with van der Waals surface area (Å²) in [7, 11) is 1.96. The highest BCUT2D eigenvalue weighted by atomic mass is 16.2. The number of aromatic nitrogens is 2. The van der Waals surface area contributed by atoms with Crippen molar-refractivity contribution in [1.29, 1.82) is 0 Å². The Bertz CT molecular complexity index is 954. The molecule has 4 nitrogen and oxygen atoms in total. The molecular weight excluding hydrogens is 322 g/mol. The summed E-state index contributed by atoms with van der Waals surface area (Å²) in [6.07, 6.45) is 2.67. The SMILES string of the molecule is CC(C)c1ccc(C(=O)N2Cc3cnn(C)c3Cc3ccccc32)cc1. The predicted molar refractivity (Wildman–Crippen MR) is 104 cm³/mol. The van der Waals surface area contributed by atoms with Gasteiger partial charge in [-0.2, -0.15) is 5.10 Å². The zero-order chi connectivity index (χ0) is 18.3. The maximum Gasteiger partial charge on any atom is 0.258 e. The molecule has 0 atom stereocenters. The van der Waals surface area contributed by atoms with Crippen molar-refractivity contribution < 1.29 is 4.79 Å². The summed E-state index contributed by atoms with van der Waals surface area (Å²) in [5, 5.41) is 4.39. The molecule has 2 aromatic carbocycles. The second kappa shape index (κ2) is 6.45. The van der Waals surface area contributed by atoms with E-state index >= 15 is 0 Å². The predicted octanol–water partition coefficient (Wildman–Crippen LogP) is 4.29. The Morgan fingerprint density at radius 1 is 1.04 bits per heavy atom. The van der Waals surface area contributed by atoms with Gasteiger partial charge in [-0.15, -0.1) is 0 Å². The van der Waals surface area contributed by atoms with E-state index in [0.29, 0.717) is 12.5 Å². The van der Waals surface area contributed by atoms with Crippen LogP contribution in [0.2, 0.25) is 0 Å². The minimum absolute atomic E-state index is 0.0319. The smallest absolute Gasteiger partial charge is 0.258 e. The van der Waals surface area contributed by atoms with E-state index in [4.69, 9.17) is 0 Å². The number of nitrogens with zero attached hydrogens (tertiary/aromatic N) is 3. The van der Waals surface area contributed by atoms with Crippen molar-refractivity contribution in [3.8, 4) is 0 Å². The van der Waals surface area contributed by atoms with Gasteiger partial charge in [-0.25, -0.2) is 0 Å². The van der Waals surface area contributed by atoms with Gasteiger partial charge in [-0.1, -0.05) is 44.2 Å². The number of benzene rings is 2. The molecule has 0 aliphatic carbocycles. The Morgan fingerprint density at radius 3 is 2.50 bits per heavy atom. The molecule has 26 heavy (non-hydrogen) atoms. The van der Waals surface area contributed by atoms with Crippen molar-refractivity contribution in [2.24, 2.45) is 7.05 Å². The molecule has 0 unspecified atom stereocenters. The van der Waals surface area contributed by atoms with E-state index in [-0.39, 0.29) is 5.91 Å². The van der Waals surface area contributed by atoms with Crippen LogP contribution in [-0.4, -0.2) is 15.7 Å². The summed E-state index contributed by atoms with van der Waals surface area (Å²) < 4.78 is 1.91. The van der Waals surface area contributed by atoms with Gasteiger partial charge in [0, 0.05) is 36.0 Å². The lowest BCUT2D eigenvalue weighted by Gasteiger charge is -2.23. The van der Waals surface area contributed by atoms with E-state index in [1.165, 1.54) is 11.3 Å². The molecular formula is C22H23N3O. The first-order valence-electron chi connectivity index (χ1n) is 9.04. The highest BCUT2D eigenvalue weighted by Crippen LogP contribution is 2.31. The maximum atomic E-state index is 13.3. The van der Waals surface area contributed by atoms with Gasteiger partial charge in [0.15, 0.2) is 0 Å². The fraction of sp³-hybridized carbons (Fsp3) is 0.273. The number of anilines is 1. The molecule has 3 aromatic rings. The Kier molecular flexibility index (Phi) is 4.11. The average Bonchev–Trinajstić information content (AvgIpc) is 2.90. The molecule has 4 rings (SSSR count). The highest BCUT2D eigenvalue weighted by Gasteiger charge is 2.26. The first kappa shape index (κ1) is 16.6. The molecule has 1 aromatic heterocycles. The summed E-state index contributed by atoms with van der Waals surface area (Å²) in [6, 6.07) is 16.1. The van der Waals surface area contributed by atoms with Crippen molar-refractivity contribution >= 4 is 11.6 Å². The molecule has 1 aliphatic rings. The van der Waals surface area contributed by atoms with Crippen LogP contribution in [0.1, 0.15) is 52.5 Å². The fourth-order valence-corrected chi connectivity index (χ4v) is 3.58. The fourth-order valence-electron chi connectivity index (χ4n) is 3.58. The minimum atomic E-state index is 0.0319. The maximum absolute atomic E-state index is 13.3. The van der Waals surface area contributed by atoms with Crippen LogP contribution >= 0.6 is 0 Å². The molecule has 132 valence electrons. The van der Waals surface area contributed by atoms with Crippen molar-refractivity contribution in [3.05, 3.63) is 82.7 Å². The van der Waals surface area contributed by atoms with E-state index < -0.39 is 0 Å². The third kappa shape index (κ3) is 2.81. The summed E-state index contributed by atoms with van der Waals surface area (Å²) in [5.41, 5.74) is 6.38. The zero-order valence-electron chi connectivity index (χ0n) is 15.4. The quantitative estimate of drug-likeness (QED) is 0.695. The number of aryl methyl sites for hydroxylation is 1. The lowest BCUT2D eigenvalue weighted by atomic mass is 10.0. The third-order valence-electron chi connectivity index (χ3n) is 5.19. The first-order chi connectivity index (χ1) is 12.5. The van der Waals surface area contributed by atoms with Crippen LogP contribution in [0, 0.1) is 0 Å². The number of fused-ring (bicyclic) bond motifs is 2. The Labute approximate surface area is 154 Å². The molecule has 0 radical (unpaired) electrons. The van der Waals surface area contributed by atoms with Gasteiger partial charge >= 0.3 is 0 Å². The standard InChI is InChI=1S/C22H23N3O/c1-15(2)16-8-10-17(11-9-16)22(26)25-14-19-13-23-24(3)21(19)12-18-6-4-5-7-20(18)25/h4-11,13,15H,12,14H2,1-3H3. The van der Waals surface area contributed by atoms with Crippen LogP contribution in [-0.2, 0) is 20.0 Å². The Hall–Kier alpha value is -2.88. The summed E-state index contributed by atoms with van der Waals surface area (Å²) >= 11 is 0. The van der Waals surface area contributed by atoms with Crippen LogP contribution in [0.3, 0.4) is 0 Å². The van der Waals surface area contributed by atoms with Crippen molar-refractivity contribution in [2.75, 3.05) is 4.90 Å². The van der Waals surface area contributed by atoms with Crippen molar-refractivity contribution in [2.45, 2.75) is 32.7 Å². The van der Waals surface area contributed by atoms with E-state index in [1.54, 1.807) is 0 Å². The molecule has 1 aliphatic heterocycles.